The molecule has 1 fully saturated rings. The molecule has 0 saturated carbocycles. The molecule has 0 aromatic heterocycles. The maximum Gasteiger partial charge on any atom is 0.229 e. The van der Waals surface area contributed by atoms with Crippen LogP contribution in [0.2, 0.25) is 0 Å². The predicted molar refractivity (Wildman–Crippen MR) is 71.2 cm³/mol. The van der Waals surface area contributed by atoms with E-state index in [2.05, 4.69) is 0 Å². The molecule has 1 saturated heterocycles. The fourth-order valence-electron chi connectivity index (χ4n) is 2.53. The second-order valence-electron chi connectivity index (χ2n) is 5.23. The Morgan fingerprint density at radius 1 is 1.47 bits per heavy atom. The van der Waals surface area contributed by atoms with E-state index < -0.39 is 0 Å². The van der Waals surface area contributed by atoms with Crippen LogP contribution in [0.5, 0.6) is 0 Å². The lowest BCUT2D eigenvalue weighted by atomic mass is 9.94. The van der Waals surface area contributed by atoms with Crippen molar-refractivity contribution in [1.82, 2.24) is 4.90 Å². The topological polar surface area (TPSA) is 40.5 Å². The van der Waals surface area contributed by atoms with E-state index in [0.717, 1.165) is 12.8 Å². The Bertz CT molecular complexity index is 442. The van der Waals surface area contributed by atoms with Gasteiger partial charge in [-0.05, 0) is 43.4 Å². The SMILES string of the molecule is CC(C(=O)N1CCC(CO)CC1)c1cccc(F)c1. The maximum atomic E-state index is 13.2. The lowest BCUT2D eigenvalue weighted by molar-refractivity contribution is -0.134. The summed E-state index contributed by atoms with van der Waals surface area (Å²) in [5.41, 5.74) is 0.717. The fourth-order valence-corrected chi connectivity index (χ4v) is 2.53. The van der Waals surface area contributed by atoms with Crippen molar-refractivity contribution in [3.8, 4) is 0 Å². The predicted octanol–water partition coefficient (Wildman–Crippen LogP) is 2.16. The highest BCUT2D eigenvalue weighted by atomic mass is 19.1. The number of amides is 1. The molecule has 1 heterocycles. The Morgan fingerprint density at radius 3 is 2.74 bits per heavy atom. The summed E-state index contributed by atoms with van der Waals surface area (Å²) in [5, 5.41) is 9.09. The molecule has 0 radical (unpaired) electrons. The number of carbonyl (C=O) groups is 1. The van der Waals surface area contributed by atoms with Gasteiger partial charge in [0.05, 0.1) is 5.92 Å². The van der Waals surface area contributed by atoms with Gasteiger partial charge in [0.1, 0.15) is 5.82 Å². The van der Waals surface area contributed by atoms with E-state index in [9.17, 15) is 9.18 Å². The van der Waals surface area contributed by atoms with Crippen LogP contribution in [0.4, 0.5) is 4.39 Å². The van der Waals surface area contributed by atoms with Crippen molar-refractivity contribution in [3.05, 3.63) is 35.6 Å². The van der Waals surface area contributed by atoms with Crippen LogP contribution in [0.3, 0.4) is 0 Å². The zero-order chi connectivity index (χ0) is 13.8. The molecule has 1 atom stereocenters. The molecule has 19 heavy (non-hydrogen) atoms. The van der Waals surface area contributed by atoms with Crippen molar-refractivity contribution in [2.24, 2.45) is 5.92 Å². The lowest BCUT2D eigenvalue weighted by Crippen LogP contribution is -2.41. The highest BCUT2D eigenvalue weighted by Gasteiger charge is 2.26. The quantitative estimate of drug-likeness (QED) is 0.910. The van der Waals surface area contributed by atoms with E-state index >= 15 is 0 Å². The van der Waals surface area contributed by atoms with E-state index in [4.69, 9.17) is 5.11 Å². The zero-order valence-corrected chi connectivity index (χ0v) is 11.2. The fraction of sp³-hybridized carbons (Fsp3) is 0.533. The Balaban J connectivity index is 2.00. The largest absolute Gasteiger partial charge is 0.396 e. The summed E-state index contributed by atoms with van der Waals surface area (Å²) in [4.78, 5) is 14.2. The smallest absolute Gasteiger partial charge is 0.229 e. The third-order valence-electron chi connectivity index (χ3n) is 3.90. The third-order valence-corrected chi connectivity index (χ3v) is 3.90. The summed E-state index contributed by atoms with van der Waals surface area (Å²) < 4.78 is 13.2. The Hall–Kier alpha value is -1.42. The number of piperidine rings is 1. The molecule has 104 valence electrons. The highest BCUT2D eigenvalue weighted by molar-refractivity contribution is 5.83. The summed E-state index contributed by atoms with van der Waals surface area (Å²) in [6, 6.07) is 6.22. The van der Waals surface area contributed by atoms with Gasteiger partial charge in [-0.2, -0.15) is 0 Å². The minimum Gasteiger partial charge on any atom is -0.396 e. The van der Waals surface area contributed by atoms with Gasteiger partial charge in [-0.15, -0.1) is 0 Å². The van der Waals surface area contributed by atoms with Gasteiger partial charge in [-0.1, -0.05) is 12.1 Å². The maximum absolute atomic E-state index is 13.2. The summed E-state index contributed by atoms with van der Waals surface area (Å²) in [5.74, 6) is -0.270. The number of halogens is 1. The van der Waals surface area contributed by atoms with E-state index in [1.807, 2.05) is 11.8 Å². The number of carbonyl (C=O) groups excluding carboxylic acids is 1. The minimum atomic E-state index is -0.318. The van der Waals surface area contributed by atoms with Gasteiger partial charge < -0.3 is 10.0 Å². The van der Waals surface area contributed by atoms with Crippen LogP contribution in [0.15, 0.2) is 24.3 Å². The van der Waals surface area contributed by atoms with Crippen LogP contribution in [0.1, 0.15) is 31.2 Å². The second kappa shape index (κ2) is 6.15. The van der Waals surface area contributed by atoms with Gasteiger partial charge in [-0.25, -0.2) is 4.39 Å². The Labute approximate surface area is 113 Å². The molecule has 4 heteroatoms. The average Bonchev–Trinajstić information content (AvgIpc) is 2.46. The number of nitrogens with zero attached hydrogens (tertiary/aromatic N) is 1. The number of benzene rings is 1. The molecule has 2 rings (SSSR count). The van der Waals surface area contributed by atoms with Gasteiger partial charge in [0.2, 0.25) is 5.91 Å². The number of aliphatic hydroxyl groups excluding tert-OH is 1. The van der Waals surface area contributed by atoms with Crippen molar-refractivity contribution < 1.29 is 14.3 Å². The Kier molecular flexibility index (Phi) is 4.53. The van der Waals surface area contributed by atoms with Crippen molar-refractivity contribution in [2.75, 3.05) is 19.7 Å². The van der Waals surface area contributed by atoms with Gasteiger partial charge in [-0.3, -0.25) is 4.79 Å². The zero-order valence-electron chi connectivity index (χ0n) is 11.2. The molecule has 1 unspecified atom stereocenters. The average molecular weight is 265 g/mol. The van der Waals surface area contributed by atoms with Crippen LogP contribution < -0.4 is 0 Å². The molecule has 0 aliphatic carbocycles. The van der Waals surface area contributed by atoms with E-state index in [1.165, 1.54) is 12.1 Å². The molecule has 1 aromatic rings. The van der Waals surface area contributed by atoms with Crippen LogP contribution in [0.25, 0.3) is 0 Å². The molecular formula is C15H20FNO2. The van der Waals surface area contributed by atoms with Gasteiger partial charge in [0, 0.05) is 19.7 Å². The van der Waals surface area contributed by atoms with Crippen LogP contribution >= 0.6 is 0 Å². The first kappa shape index (κ1) is 14.0. The van der Waals surface area contributed by atoms with Crippen LogP contribution in [0, 0.1) is 11.7 Å². The summed E-state index contributed by atoms with van der Waals surface area (Å²) >= 11 is 0. The van der Waals surface area contributed by atoms with E-state index in [0.29, 0.717) is 24.6 Å². The molecule has 1 N–H and O–H groups in total. The standard InChI is InChI=1S/C15H20FNO2/c1-11(13-3-2-4-14(16)9-13)15(19)17-7-5-12(10-18)6-8-17/h2-4,9,11-12,18H,5-8,10H2,1H3. The number of hydrogen-bond donors (Lipinski definition) is 1. The number of likely N-dealkylation sites (tertiary alicyclic amines) is 1. The van der Waals surface area contributed by atoms with Gasteiger partial charge in [0.25, 0.3) is 0 Å². The molecule has 0 bridgehead atoms. The first-order valence-corrected chi connectivity index (χ1v) is 6.77. The van der Waals surface area contributed by atoms with Crippen LogP contribution in [-0.4, -0.2) is 35.6 Å². The monoisotopic (exact) mass is 265 g/mol. The van der Waals surface area contributed by atoms with Crippen LogP contribution in [-0.2, 0) is 4.79 Å². The molecule has 1 aliphatic heterocycles. The third kappa shape index (κ3) is 3.32. The number of rotatable bonds is 3. The molecular weight excluding hydrogens is 245 g/mol. The molecule has 0 spiro atoms. The lowest BCUT2D eigenvalue weighted by Gasteiger charge is -2.33. The second-order valence-corrected chi connectivity index (χ2v) is 5.23. The van der Waals surface area contributed by atoms with Crippen molar-refractivity contribution in [3.63, 3.8) is 0 Å². The first-order valence-electron chi connectivity index (χ1n) is 6.77. The molecule has 3 nitrogen and oxygen atoms in total. The number of hydrogen-bond acceptors (Lipinski definition) is 2. The van der Waals surface area contributed by atoms with Gasteiger partial charge >= 0.3 is 0 Å². The number of aliphatic hydroxyl groups is 1. The summed E-state index contributed by atoms with van der Waals surface area (Å²) in [6.45, 7) is 3.38. The molecule has 1 aliphatic rings. The van der Waals surface area contributed by atoms with Crippen molar-refractivity contribution in [1.29, 1.82) is 0 Å². The first-order chi connectivity index (χ1) is 9.11. The Morgan fingerprint density at radius 2 is 2.16 bits per heavy atom. The molecule has 1 aromatic carbocycles. The normalized spacial score (nSPS) is 18.4. The summed E-state index contributed by atoms with van der Waals surface area (Å²) in [7, 11) is 0. The minimum absolute atomic E-state index is 0.0435. The van der Waals surface area contributed by atoms with Crippen molar-refractivity contribution in [2.45, 2.75) is 25.7 Å². The summed E-state index contributed by atoms with van der Waals surface area (Å²) in [6.07, 6.45) is 1.69. The van der Waals surface area contributed by atoms with E-state index in [1.54, 1.807) is 12.1 Å². The van der Waals surface area contributed by atoms with Gasteiger partial charge in [0.15, 0.2) is 0 Å². The van der Waals surface area contributed by atoms with E-state index in [-0.39, 0.29) is 24.2 Å². The molecule has 1 amide bonds. The van der Waals surface area contributed by atoms with Crippen molar-refractivity contribution >= 4 is 5.91 Å². The highest BCUT2D eigenvalue weighted by Crippen LogP contribution is 2.23.